The van der Waals surface area contributed by atoms with Crippen LogP contribution in [0.4, 0.5) is 4.39 Å². The third-order valence-corrected chi connectivity index (χ3v) is 12.2. The van der Waals surface area contributed by atoms with E-state index in [9.17, 15) is 4.79 Å². The highest BCUT2D eigenvalue weighted by Gasteiger charge is 2.47. The van der Waals surface area contributed by atoms with E-state index in [1.165, 1.54) is 0 Å². The second-order valence-corrected chi connectivity index (χ2v) is 16.3. The number of hydrogen-bond donors (Lipinski definition) is 1. The van der Waals surface area contributed by atoms with Crippen LogP contribution >= 0.6 is 23.2 Å². The van der Waals surface area contributed by atoms with Gasteiger partial charge in [0, 0.05) is 28.4 Å². The maximum atomic E-state index is 16.3. The highest BCUT2D eigenvalue weighted by atomic mass is 35.5. The van der Waals surface area contributed by atoms with E-state index in [4.69, 9.17) is 32.4 Å². The Hall–Kier alpha value is -1.77. The first-order valence-electron chi connectivity index (χ1n) is 12.1. The molecule has 0 saturated heterocycles. The van der Waals surface area contributed by atoms with Crippen LogP contribution in [0.2, 0.25) is 28.2 Å². The van der Waals surface area contributed by atoms with Gasteiger partial charge < -0.3 is 14.5 Å². The van der Waals surface area contributed by atoms with Gasteiger partial charge in [0.05, 0.1) is 18.9 Å². The summed E-state index contributed by atoms with van der Waals surface area (Å²) in [4.78, 5) is 17.6. The molecule has 1 aliphatic carbocycles. The molecule has 3 rings (SSSR count). The molecule has 1 aromatic heterocycles. The van der Waals surface area contributed by atoms with E-state index in [0.717, 1.165) is 5.56 Å². The van der Waals surface area contributed by atoms with Gasteiger partial charge in [-0.25, -0.2) is 4.39 Å². The van der Waals surface area contributed by atoms with Gasteiger partial charge in [0.15, 0.2) is 8.32 Å². The number of aromatic nitrogens is 1. The highest BCUT2D eigenvalue weighted by molar-refractivity contribution is 6.74. The van der Waals surface area contributed by atoms with E-state index >= 15 is 4.39 Å². The fraction of sp³-hybridized carbons (Fsp3) is 0.481. The van der Waals surface area contributed by atoms with Crippen molar-refractivity contribution in [2.24, 2.45) is 0 Å². The molecule has 196 valence electrons. The minimum atomic E-state index is -2.23. The number of hydrogen-bond acceptors (Lipinski definition) is 4. The Bertz CT molecular complexity index is 1120. The standard InChI is InChI=1S/C27H35Cl2FN2O3Si/c1-7-13-34-23-10-11-27(30,21-9-8-12-31-24(21)23)25(33)32-16-20-18(14-19(28)15-22(20)29)17-35-36(5,6)26(2,3)4/h7-9,12,14-15,23H,1,10-11,13,16-17H2,2-6H3,(H,32,33)/t23-,27-/m0/s1. The van der Waals surface area contributed by atoms with Gasteiger partial charge >= 0.3 is 0 Å². The smallest absolute Gasteiger partial charge is 0.262 e. The number of amides is 1. The van der Waals surface area contributed by atoms with Gasteiger partial charge in [-0.05, 0) is 60.3 Å². The Balaban J connectivity index is 1.81. The molecule has 1 N–H and O–H groups in total. The zero-order valence-electron chi connectivity index (χ0n) is 21.6. The molecular formula is C27H35Cl2FN2O3Si. The number of pyridine rings is 1. The molecule has 1 amide bonds. The lowest BCUT2D eigenvalue weighted by Crippen LogP contribution is -2.44. The van der Waals surface area contributed by atoms with Gasteiger partial charge in [-0.3, -0.25) is 9.78 Å². The predicted molar refractivity (Wildman–Crippen MR) is 145 cm³/mol. The highest BCUT2D eigenvalue weighted by Crippen LogP contribution is 2.44. The van der Waals surface area contributed by atoms with E-state index in [0.29, 0.717) is 40.9 Å². The minimum absolute atomic E-state index is 0.0188. The van der Waals surface area contributed by atoms with E-state index in [1.54, 1.807) is 36.5 Å². The van der Waals surface area contributed by atoms with Crippen molar-refractivity contribution >= 4 is 37.4 Å². The van der Waals surface area contributed by atoms with Crippen molar-refractivity contribution in [3.8, 4) is 0 Å². The van der Waals surface area contributed by atoms with E-state index in [1.807, 2.05) is 0 Å². The summed E-state index contributed by atoms with van der Waals surface area (Å²) in [5.74, 6) is -0.735. The normalized spacial score (nSPS) is 20.1. The van der Waals surface area contributed by atoms with Gasteiger partial charge in [0.2, 0.25) is 5.67 Å². The maximum Gasteiger partial charge on any atom is 0.262 e. The number of rotatable bonds is 9. The first kappa shape index (κ1) is 28.8. The quantitative estimate of drug-likeness (QED) is 0.259. The fourth-order valence-corrected chi connectivity index (χ4v) is 5.51. The number of carbonyl (C=O) groups excluding carboxylic acids is 1. The van der Waals surface area contributed by atoms with E-state index < -0.39 is 19.9 Å². The van der Waals surface area contributed by atoms with Crippen molar-refractivity contribution in [2.75, 3.05) is 6.61 Å². The Morgan fingerprint density at radius 3 is 2.75 bits per heavy atom. The van der Waals surface area contributed by atoms with Crippen LogP contribution in [0, 0.1) is 0 Å². The molecule has 0 radical (unpaired) electrons. The number of benzene rings is 1. The Labute approximate surface area is 224 Å². The van der Waals surface area contributed by atoms with Gasteiger partial charge in [0.1, 0.15) is 6.10 Å². The maximum absolute atomic E-state index is 16.3. The topological polar surface area (TPSA) is 60.5 Å². The Kier molecular flexibility index (Phi) is 9.05. The molecule has 1 aliphatic rings. The Morgan fingerprint density at radius 1 is 1.36 bits per heavy atom. The number of fused-ring (bicyclic) bond motifs is 1. The average molecular weight is 554 g/mol. The summed E-state index contributed by atoms with van der Waals surface area (Å²) in [5, 5.41) is 3.67. The summed E-state index contributed by atoms with van der Waals surface area (Å²) in [6.07, 6.45) is 3.13. The minimum Gasteiger partial charge on any atom is -0.413 e. The molecule has 0 fully saturated rings. The number of nitrogens with one attached hydrogen (secondary N) is 1. The van der Waals surface area contributed by atoms with Gasteiger partial charge in [-0.2, -0.15) is 0 Å². The number of carbonyl (C=O) groups is 1. The van der Waals surface area contributed by atoms with Gasteiger partial charge in [-0.1, -0.05) is 56.1 Å². The molecule has 9 heteroatoms. The molecule has 36 heavy (non-hydrogen) atoms. The summed E-state index contributed by atoms with van der Waals surface area (Å²) in [6, 6.07) is 6.63. The van der Waals surface area contributed by atoms with Crippen LogP contribution in [0.25, 0.3) is 0 Å². The lowest BCUT2D eigenvalue weighted by Gasteiger charge is -2.36. The summed E-state index contributed by atoms with van der Waals surface area (Å²) >= 11 is 12.8. The van der Waals surface area contributed by atoms with Crippen LogP contribution in [0.15, 0.2) is 43.1 Å². The monoisotopic (exact) mass is 552 g/mol. The molecule has 0 unspecified atom stereocenters. The van der Waals surface area contributed by atoms with Gasteiger partial charge in [0.25, 0.3) is 5.91 Å². The van der Waals surface area contributed by atoms with Crippen LogP contribution in [-0.2, 0) is 32.8 Å². The first-order valence-corrected chi connectivity index (χ1v) is 15.7. The number of alkyl halides is 1. The molecule has 1 aromatic carbocycles. The number of ether oxygens (including phenoxy) is 1. The fourth-order valence-electron chi connectivity index (χ4n) is 3.96. The van der Waals surface area contributed by atoms with Crippen molar-refractivity contribution in [2.45, 2.75) is 76.7 Å². The molecular weight excluding hydrogens is 518 g/mol. The van der Waals surface area contributed by atoms with E-state index in [-0.39, 0.29) is 29.7 Å². The molecule has 0 spiro atoms. The van der Waals surface area contributed by atoms with Crippen LogP contribution in [0.3, 0.4) is 0 Å². The summed E-state index contributed by atoms with van der Waals surface area (Å²) in [6.45, 7) is 15.1. The summed E-state index contributed by atoms with van der Waals surface area (Å²) in [7, 11) is -2.04. The predicted octanol–water partition coefficient (Wildman–Crippen LogP) is 7.43. The molecule has 0 bridgehead atoms. The first-order chi connectivity index (χ1) is 16.8. The lowest BCUT2D eigenvalue weighted by atomic mass is 9.80. The van der Waals surface area contributed by atoms with Crippen molar-refractivity contribution < 1.29 is 18.3 Å². The molecule has 1 heterocycles. The summed E-state index contributed by atoms with van der Waals surface area (Å²) in [5.41, 5.74) is -0.128. The van der Waals surface area contributed by atoms with Crippen LogP contribution in [-0.4, -0.2) is 25.8 Å². The van der Waals surface area contributed by atoms with Gasteiger partial charge in [-0.15, -0.1) is 6.58 Å². The Morgan fingerprint density at radius 2 is 2.08 bits per heavy atom. The zero-order valence-corrected chi connectivity index (χ0v) is 24.1. The van der Waals surface area contributed by atoms with E-state index in [2.05, 4.69) is 50.7 Å². The molecule has 2 aromatic rings. The largest absolute Gasteiger partial charge is 0.413 e. The second kappa shape index (κ2) is 11.3. The zero-order chi connectivity index (χ0) is 26.7. The van der Waals surface area contributed by atoms with Crippen molar-refractivity contribution in [1.29, 1.82) is 0 Å². The molecule has 2 atom stereocenters. The third kappa shape index (κ3) is 6.19. The summed E-state index contributed by atoms with van der Waals surface area (Å²) < 4.78 is 28.4. The third-order valence-electron chi connectivity index (χ3n) is 7.17. The number of halogens is 3. The molecule has 0 aliphatic heterocycles. The number of nitrogens with zero attached hydrogens (tertiary/aromatic N) is 1. The second-order valence-electron chi connectivity index (χ2n) is 10.6. The van der Waals surface area contributed by atoms with Crippen molar-refractivity contribution in [3.63, 3.8) is 0 Å². The molecule has 5 nitrogen and oxygen atoms in total. The van der Waals surface area contributed by atoms with Crippen LogP contribution in [0.1, 0.15) is 62.1 Å². The van der Waals surface area contributed by atoms with Crippen molar-refractivity contribution in [3.05, 3.63) is 75.5 Å². The van der Waals surface area contributed by atoms with Crippen molar-refractivity contribution in [1.82, 2.24) is 10.3 Å². The molecule has 0 saturated carbocycles. The SMILES string of the molecule is C=CCO[C@H]1CC[C@@](F)(C(=O)NCc2c(Cl)cc(Cl)cc2CO[Si](C)(C)C(C)(C)C)c2cccnc21. The van der Waals surface area contributed by atoms with Crippen LogP contribution in [0.5, 0.6) is 0 Å². The van der Waals surface area contributed by atoms with Crippen LogP contribution < -0.4 is 5.32 Å². The lowest BCUT2D eigenvalue weighted by molar-refractivity contribution is -0.136. The average Bonchev–Trinajstić information content (AvgIpc) is 2.81.